The number of carbonyl (C=O) groups excluding carboxylic acids is 1. The number of aromatic amines is 1. The molecular weight excluding hydrogens is 233 g/mol. The summed E-state index contributed by atoms with van der Waals surface area (Å²) in [5.41, 5.74) is 0.476. The number of halogens is 1. The van der Waals surface area contributed by atoms with E-state index in [-0.39, 0.29) is 5.97 Å². The average molecular weight is 237 g/mol. The highest BCUT2D eigenvalue weighted by Crippen LogP contribution is 1.99. The number of carbonyl (C=O) groups is 1. The third-order valence-electron chi connectivity index (χ3n) is 0.888. The van der Waals surface area contributed by atoms with Gasteiger partial charge in [-0.25, -0.2) is 4.79 Å². The van der Waals surface area contributed by atoms with E-state index >= 15 is 0 Å². The second kappa shape index (κ2) is 2.86. The lowest BCUT2D eigenvalue weighted by molar-refractivity contribution is 0.0795. The van der Waals surface area contributed by atoms with Crippen molar-refractivity contribution in [2.45, 2.75) is 0 Å². The molecule has 0 unspecified atom stereocenters. The predicted molar refractivity (Wildman–Crippen MR) is 40.2 cm³/mol. The van der Waals surface area contributed by atoms with Gasteiger partial charge in [-0.05, 0) is 12.1 Å². The first-order valence-corrected chi connectivity index (χ1v) is 3.19. The lowest BCUT2D eigenvalue weighted by Crippen LogP contribution is -1.96. The van der Waals surface area contributed by atoms with Crippen LogP contribution in [0, 0.1) is 0 Å². The van der Waals surface area contributed by atoms with Gasteiger partial charge in [0.25, 0.3) is 0 Å². The number of hydrogen-bond acceptors (Lipinski definition) is 2. The zero-order valence-corrected chi connectivity index (χ0v) is 6.58. The Morgan fingerprint density at radius 1 is 1.78 bits per heavy atom. The van der Waals surface area contributed by atoms with Crippen molar-refractivity contribution in [1.29, 1.82) is 0 Å². The molecular formula is C5H4INO2. The minimum absolute atomic E-state index is 0.347. The Bertz CT molecular complexity index is 195. The summed E-state index contributed by atoms with van der Waals surface area (Å²) in [7, 11) is 0. The van der Waals surface area contributed by atoms with Crippen molar-refractivity contribution in [2.75, 3.05) is 0 Å². The van der Waals surface area contributed by atoms with Crippen LogP contribution >= 0.6 is 23.0 Å². The van der Waals surface area contributed by atoms with E-state index in [4.69, 9.17) is 0 Å². The van der Waals surface area contributed by atoms with Crippen molar-refractivity contribution in [3.05, 3.63) is 24.0 Å². The maximum Gasteiger partial charge on any atom is 0.364 e. The zero-order chi connectivity index (χ0) is 6.69. The van der Waals surface area contributed by atoms with E-state index in [2.05, 4.69) is 8.05 Å². The molecule has 0 aliphatic heterocycles. The monoisotopic (exact) mass is 237 g/mol. The molecule has 0 saturated heterocycles. The molecule has 1 heterocycles. The molecule has 0 fully saturated rings. The van der Waals surface area contributed by atoms with Gasteiger partial charge in [0.2, 0.25) is 0 Å². The summed E-state index contributed by atoms with van der Waals surface area (Å²) in [5, 5.41) is 0. The van der Waals surface area contributed by atoms with Crippen molar-refractivity contribution in [1.82, 2.24) is 4.98 Å². The smallest absolute Gasteiger partial charge is 0.364 e. The lowest BCUT2D eigenvalue weighted by Gasteiger charge is -1.88. The van der Waals surface area contributed by atoms with Gasteiger partial charge in [0, 0.05) is 6.20 Å². The number of rotatable bonds is 1. The van der Waals surface area contributed by atoms with Crippen LogP contribution in [-0.2, 0) is 3.07 Å². The first kappa shape index (κ1) is 6.60. The van der Waals surface area contributed by atoms with E-state index in [1.807, 2.05) is 0 Å². The van der Waals surface area contributed by atoms with Gasteiger partial charge in [-0.1, -0.05) is 0 Å². The molecule has 0 bridgehead atoms. The molecule has 0 aliphatic carbocycles. The second-order valence-electron chi connectivity index (χ2n) is 1.45. The predicted octanol–water partition coefficient (Wildman–Crippen LogP) is 1.52. The summed E-state index contributed by atoms with van der Waals surface area (Å²) in [4.78, 5) is 13.3. The SMILES string of the molecule is O=C(OI)c1ccc[nH]1. The van der Waals surface area contributed by atoms with E-state index in [0.717, 1.165) is 0 Å². The fourth-order valence-electron chi connectivity index (χ4n) is 0.499. The summed E-state index contributed by atoms with van der Waals surface area (Å²) in [6.45, 7) is 0. The zero-order valence-electron chi connectivity index (χ0n) is 4.43. The van der Waals surface area contributed by atoms with Crippen LogP contribution in [0.1, 0.15) is 10.5 Å². The summed E-state index contributed by atoms with van der Waals surface area (Å²) >= 11 is 1.54. The van der Waals surface area contributed by atoms with Crippen molar-refractivity contribution in [3.8, 4) is 0 Å². The quantitative estimate of drug-likeness (QED) is 0.752. The van der Waals surface area contributed by atoms with Crippen LogP contribution in [0.15, 0.2) is 18.3 Å². The van der Waals surface area contributed by atoms with Gasteiger partial charge in [-0.3, -0.25) is 0 Å². The molecule has 1 aromatic heterocycles. The molecule has 48 valence electrons. The number of H-pyrrole nitrogens is 1. The molecule has 0 atom stereocenters. The Morgan fingerprint density at radius 2 is 2.56 bits per heavy atom. The number of nitrogens with one attached hydrogen (secondary N) is 1. The van der Waals surface area contributed by atoms with E-state index in [0.29, 0.717) is 5.69 Å². The van der Waals surface area contributed by atoms with Crippen molar-refractivity contribution < 1.29 is 7.86 Å². The van der Waals surface area contributed by atoms with E-state index in [9.17, 15) is 4.79 Å². The molecule has 3 nitrogen and oxygen atoms in total. The standard InChI is InChI=1S/C5H4INO2/c6-9-5(8)4-2-1-3-7-4/h1-3,7H. The highest BCUT2D eigenvalue weighted by molar-refractivity contribution is 14.1. The van der Waals surface area contributed by atoms with Crippen LogP contribution in [0.3, 0.4) is 0 Å². The van der Waals surface area contributed by atoms with E-state index < -0.39 is 0 Å². The summed E-state index contributed by atoms with van der Waals surface area (Å²) < 4.78 is 4.39. The molecule has 0 amide bonds. The molecule has 4 heteroatoms. The molecule has 0 spiro atoms. The first-order chi connectivity index (χ1) is 4.34. The minimum Gasteiger partial charge on any atom is -0.390 e. The third-order valence-corrected chi connectivity index (χ3v) is 1.29. The minimum atomic E-state index is -0.347. The van der Waals surface area contributed by atoms with Gasteiger partial charge in [0.05, 0.1) is 0 Å². The second-order valence-corrected chi connectivity index (χ2v) is 1.89. The summed E-state index contributed by atoms with van der Waals surface area (Å²) in [6, 6.07) is 3.39. The molecule has 0 radical (unpaired) electrons. The number of aromatic nitrogens is 1. The van der Waals surface area contributed by atoms with E-state index in [1.54, 1.807) is 41.3 Å². The van der Waals surface area contributed by atoms with Crippen molar-refractivity contribution >= 4 is 29.0 Å². The maximum atomic E-state index is 10.6. The molecule has 1 N–H and O–H groups in total. The van der Waals surface area contributed by atoms with Gasteiger partial charge in [0.1, 0.15) is 5.69 Å². The first-order valence-electron chi connectivity index (χ1n) is 2.31. The van der Waals surface area contributed by atoms with Crippen LogP contribution in [-0.4, -0.2) is 11.0 Å². The molecule has 0 saturated carbocycles. The number of hydrogen-bond donors (Lipinski definition) is 1. The van der Waals surface area contributed by atoms with Crippen LogP contribution in [0.5, 0.6) is 0 Å². The van der Waals surface area contributed by atoms with Gasteiger partial charge in [0.15, 0.2) is 23.0 Å². The van der Waals surface area contributed by atoms with Crippen LogP contribution in [0.2, 0.25) is 0 Å². The van der Waals surface area contributed by atoms with Gasteiger partial charge in [-0.2, -0.15) is 0 Å². The van der Waals surface area contributed by atoms with Crippen LogP contribution < -0.4 is 0 Å². The Hall–Kier alpha value is -0.520. The topological polar surface area (TPSA) is 42.1 Å². The fraction of sp³-hybridized carbons (Fsp3) is 0. The van der Waals surface area contributed by atoms with Crippen molar-refractivity contribution in [3.63, 3.8) is 0 Å². The van der Waals surface area contributed by atoms with E-state index in [1.165, 1.54) is 0 Å². The summed E-state index contributed by atoms with van der Waals surface area (Å²) in [5.74, 6) is -0.347. The fourth-order valence-corrected chi connectivity index (χ4v) is 0.736. The molecule has 0 aromatic carbocycles. The molecule has 1 aromatic rings. The molecule has 1 rings (SSSR count). The third kappa shape index (κ3) is 1.44. The Balaban J connectivity index is 2.77. The van der Waals surface area contributed by atoms with Gasteiger partial charge >= 0.3 is 5.97 Å². The average Bonchev–Trinajstić information content (AvgIpc) is 2.37. The molecule has 0 aliphatic rings. The maximum absolute atomic E-state index is 10.6. The van der Waals surface area contributed by atoms with Crippen molar-refractivity contribution in [2.24, 2.45) is 0 Å². The summed E-state index contributed by atoms with van der Waals surface area (Å²) in [6.07, 6.45) is 1.67. The Labute approximate surface area is 66.1 Å². The Kier molecular flexibility index (Phi) is 2.10. The lowest BCUT2D eigenvalue weighted by atomic mass is 10.4. The Morgan fingerprint density at radius 3 is 3.00 bits per heavy atom. The highest BCUT2D eigenvalue weighted by atomic mass is 127. The normalized spacial score (nSPS) is 9.00. The molecule has 9 heavy (non-hydrogen) atoms. The van der Waals surface area contributed by atoms with Crippen LogP contribution in [0.25, 0.3) is 0 Å². The van der Waals surface area contributed by atoms with Crippen LogP contribution in [0.4, 0.5) is 0 Å². The largest absolute Gasteiger partial charge is 0.390 e. The highest BCUT2D eigenvalue weighted by Gasteiger charge is 2.03. The van der Waals surface area contributed by atoms with Gasteiger partial charge in [-0.15, -0.1) is 0 Å². The van der Waals surface area contributed by atoms with Gasteiger partial charge < -0.3 is 8.05 Å².